The van der Waals surface area contributed by atoms with Gasteiger partial charge in [0, 0.05) is 11.3 Å². The molecule has 0 saturated carbocycles. The van der Waals surface area contributed by atoms with Crippen molar-refractivity contribution in [2.75, 3.05) is 11.9 Å². The van der Waals surface area contributed by atoms with Crippen LogP contribution in [0, 0.1) is 13.8 Å². The third kappa shape index (κ3) is 6.21. The number of aryl methyl sites for hydroxylation is 2. The number of carbonyl (C=O) groups excluding carboxylic acids is 1. The first-order valence-electron chi connectivity index (χ1n) is 9.50. The maximum atomic E-state index is 12.1. The lowest BCUT2D eigenvalue weighted by atomic mass is 10.1. The summed E-state index contributed by atoms with van der Waals surface area (Å²) in [5.41, 5.74) is 7.66. The quantitative estimate of drug-likeness (QED) is 0.444. The third-order valence-corrected chi connectivity index (χ3v) is 4.37. The normalized spacial score (nSPS) is 10.7. The Morgan fingerprint density at radius 2 is 1.76 bits per heavy atom. The third-order valence-electron chi connectivity index (χ3n) is 4.37. The van der Waals surface area contributed by atoms with Crippen molar-refractivity contribution in [1.82, 2.24) is 5.43 Å². The Hall–Kier alpha value is -3.60. The number of hydrogen-bond acceptors (Lipinski definition) is 4. The van der Waals surface area contributed by atoms with Crippen LogP contribution in [0.5, 0.6) is 5.75 Å². The molecule has 1 amide bonds. The molecule has 5 heteroatoms. The van der Waals surface area contributed by atoms with Crippen LogP contribution in [-0.2, 0) is 11.4 Å². The molecule has 0 atom stereocenters. The molecule has 0 aliphatic heterocycles. The summed E-state index contributed by atoms with van der Waals surface area (Å²) in [4.78, 5) is 12.1. The van der Waals surface area contributed by atoms with Crippen molar-refractivity contribution < 1.29 is 9.53 Å². The standard InChI is InChI=1S/C24H25N3O2/c1-18-12-13-22(19(2)14-18)25-16-24(28)27-26-15-21-10-6-7-11-23(21)29-17-20-8-4-3-5-9-20/h3-15,25H,16-17H2,1-2H3,(H,27,28). The molecule has 0 aliphatic carbocycles. The summed E-state index contributed by atoms with van der Waals surface area (Å²) in [6, 6.07) is 23.6. The average molecular weight is 387 g/mol. The Labute approximate surface area is 171 Å². The second-order valence-electron chi connectivity index (χ2n) is 6.78. The lowest BCUT2D eigenvalue weighted by Gasteiger charge is -2.10. The van der Waals surface area contributed by atoms with Crippen LogP contribution in [-0.4, -0.2) is 18.7 Å². The molecule has 0 fully saturated rings. The molecule has 0 aromatic heterocycles. The van der Waals surface area contributed by atoms with Gasteiger partial charge in [-0.1, -0.05) is 60.2 Å². The number of rotatable bonds is 8. The average Bonchev–Trinajstić information content (AvgIpc) is 2.73. The molecule has 2 N–H and O–H groups in total. The smallest absolute Gasteiger partial charge is 0.259 e. The number of nitrogens with zero attached hydrogens (tertiary/aromatic N) is 1. The second kappa shape index (κ2) is 10.1. The van der Waals surface area contributed by atoms with E-state index in [2.05, 4.69) is 21.9 Å². The van der Waals surface area contributed by atoms with Crippen LogP contribution in [0.2, 0.25) is 0 Å². The molecular formula is C24H25N3O2. The first-order chi connectivity index (χ1) is 14.1. The van der Waals surface area contributed by atoms with Gasteiger partial charge in [0.2, 0.25) is 0 Å². The molecule has 0 bridgehead atoms. The number of nitrogens with one attached hydrogen (secondary N) is 2. The lowest BCUT2D eigenvalue weighted by Crippen LogP contribution is -2.26. The van der Waals surface area contributed by atoms with Crippen molar-refractivity contribution in [3.05, 3.63) is 95.1 Å². The number of hydrogen-bond donors (Lipinski definition) is 2. The fourth-order valence-corrected chi connectivity index (χ4v) is 2.85. The number of benzene rings is 3. The van der Waals surface area contributed by atoms with Gasteiger partial charge in [0.15, 0.2) is 0 Å². The minimum Gasteiger partial charge on any atom is -0.488 e. The molecule has 5 nitrogen and oxygen atoms in total. The van der Waals surface area contributed by atoms with Crippen molar-refractivity contribution in [3.8, 4) is 5.75 Å². The summed E-state index contributed by atoms with van der Waals surface area (Å²) in [6.45, 7) is 4.67. The van der Waals surface area contributed by atoms with Gasteiger partial charge in [0.25, 0.3) is 5.91 Å². The Morgan fingerprint density at radius 3 is 2.55 bits per heavy atom. The number of carbonyl (C=O) groups is 1. The van der Waals surface area contributed by atoms with Crippen LogP contribution in [0.4, 0.5) is 5.69 Å². The Bertz CT molecular complexity index is 984. The van der Waals surface area contributed by atoms with Crippen LogP contribution < -0.4 is 15.5 Å². The first-order valence-corrected chi connectivity index (χ1v) is 9.50. The van der Waals surface area contributed by atoms with Crippen LogP contribution in [0.3, 0.4) is 0 Å². The highest BCUT2D eigenvalue weighted by Crippen LogP contribution is 2.18. The highest BCUT2D eigenvalue weighted by Gasteiger charge is 2.04. The van der Waals surface area contributed by atoms with Gasteiger partial charge in [-0.15, -0.1) is 0 Å². The molecule has 0 saturated heterocycles. The van der Waals surface area contributed by atoms with Crippen LogP contribution in [0.25, 0.3) is 0 Å². The summed E-state index contributed by atoms with van der Waals surface area (Å²) in [6.07, 6.45) is 1.59. The zero-order valence-electron chi connectivity index (χ0n) is 16.7. The highest BCUT2D eigenvalue weighted by atomic mass is 16.5. The second-order valence-corrected chi connectivity index (χ2v) is 6.78. The lowest BCUT2D eigenvalue weighted by molar-refractivity contribution is -0.119. The SMILES string of the molecule is Cc1ccc(NCC(=O)NN=Cc2ccccc2OCc2ccccc2)c(C)c1. The molecule has 0 spiro atoms. The van der Waals surface area contributed by atoms with Gasteiger partial charge in [0.1, 0.15) is 12.4 Å². The van der Waals surface area contributed by atoms with Crippen molar-refractivity contribution in [1.29, 1.82) is 0 Å². The Balaban J connectivity index is 1.52. The number of hydrazone groups is 1. The number of anilines is 1. The Morgan fingerprint density at radius 1 is 1.00 bits per heavy atom. The maximum absolute atomic E-state index is 12.1. The van der Waals surface area contributed by atoms with E-state index in [-0.39, 0.29) is 12.5 Å². The molecule has 148 valence electrons. The van der Waals surface area contributed by atoms with E-state index in [1.54, 1.807) is 6.21 Å². The fraction of sp³-hybridized carbons (Fsp3) is 0.167. The predicted octanol–water partition coefficient (Wildman–Crippen LogP) is 4.44. The van der Waals surface area contributed by atoms with Crippen molar-refractivity contribution >= 4 is 17.8 Å². The molecule has 0 aliphatic rings. The van der Waals surface area contributed by atoms with Gasteiger partial charge in [-0.25, -0.2) is 5.43 Å². The molecule has 29 heavy (non-hydrogen) atoms. The van der Waals surface area contributed by atoms with E-state index in [1.165, 1.54) is 5.56 Å². The minimum atomic E-state index is -0.219. The summed E-state index contributed by atoms with van der Waals surface area (Å²) >= 11 is 0. The van der Waals surface area contributed by atoms with Crippen molar-refractivity contribution in [3.63, 3.8) is 0 Å². The molecule has 0 unspecified atom stereocenters. The number of ether oxygens (including phenoxy) is 1. The summed E-state index contributed by atoms with van der Waals surface area (Å²) in [5, 5.41) is 7.19. The number of amides is 1. The highest BCUT2D eigenvalue weighted by molar-refractivity contribution is 5.86. The van der Waals surface area contributed by atoms with Crippen molar-refractivity contribution in [2.24, 2.45) is 5.10 Å². The van der Waals surface area contributed by atoms with Crippen molar-refractivity contribution in [2.45, 2.75) is 20.5 Å². The molecule has 3 aromatic rings. The molecule has 0 heterocycles. The van der Waals surface area contributed by atoms with E-state index in [0.29, 0.717) is 12.4 Å². The zero-order chi connectivity index (χ0) is 20.5. The predicted molar refractivity (Wildman–Crippen MR) is 117 cm³/mol. The summed E-state index contributed by atoms with van der Waals surface area (Å²) in [7, 11) is 0. The van der Waals surface area contributed by atoms with E-state index in [0.717, 1.165) is 22.4 Å². The molecule has 3 rings (SSSR count). The van der Waals surface area contributed by atoms with E-state index in [9.17, 15) is 4.79 Å². The van der Waals surface area contributed by atoms with Gasteiger partial charge in [0.05, 0.1) is 12.8 Å². The molecular weight excluding hydrogens is 362 g/mol. The maximum Gasteiger partial charge on any atom is 0.259 e. The van der Waals surface area contributed by atoms with Gasteiger partial charge in [-0.2, -0.15) is 5.10 Å². The topological polar surface area (TPSA) is 62.7 Å². The largest absolute Gasteiger partial charge is 0.488 e. The minimum absolute atomic E-state index is 0.146. The first kappa shape index (κ1) is 20.1. The zero-order valence-corrected chi connectivity index (χ0v) is 16.7. The van der Waals surface area contributed by atoms with Crippen LogP contribution in [0.15, 0.2) is 77.9 Å². The van der Waals surface area contributed by atoms with Gasteiger partial charge in [-0.3, -0.25) is 4.79 Å². The van der Waals surface area contributed by atoms with Crippen LogP contribution >= 0.6 is 0 Å². The monoisotopic (exact) mass is 387 g/mol. The fourth-order valence-electron chi connectivity index (χ4n) is 2.85. The van der Waals surface area contributed by atoms with E-state index >= 15 is 0 Å². The van der Waals surface area contributed by atoms with E-state index < -0.39 is 0 Å². The van der Waals surface area contributed by atoms with Gasteiger partial charge < -0.3 is 10.1 Å². The van der Waals surface area contributed by atoms with Gasteiger partial charge >= 0.3 is 0 Å². The summed E-state index contributed by atoms with van der Waals surface area (Å²) in [5.74, 6) is 0.492. The molecule has 3 aromatic carbocycles. The Kier molecular flexibility index (Phi) is 7.00. The van der Waals surface area contributed by atoms with Crippen LogP contribution in [0.1, 0.15) is 22.3 Å². The number of para-hydroxylation sites is 1. The summed E-state index contributed by atoms with van der Waals surface area (Å²) < 4.78 is 5.89. The van der Waals surface area contributed by atoms with Gasteiger partial charge in [-0.05, 0) is 43.2 Å². The molecule has 0 radical (unpaired) electrons. The van der Waals surface area contributed by atoms with E-state index in [1.807, 2.05) is 80.6 Å². The van der Waals surface area contributed by atoms with E-state index in [4.69, 9.17) is 4.74 Å².